The van der Waals surface area contributed by atoms with Crippen molar-refractivity contribution in [2.75, 3.05) is 7.11 Å². The number of urea groups is 1. The molecule has 3 aromatic rings. The molecule has 200 valence electrons. The predicted octanol–water partition coefficient (Wildman–Crippen LogP) is 5.95. The first-order valence-corrected chi connectivity index (χ1v) is 13.3. The molecule has 1 saturated carbocycles. The van der Waals surface area contributed by atoms with E-state index in [2.05, 4.69) is 30.1 Å². The fraction of sp³-hybridized carbons (Fsp3) is 0.281. The lowest BCUT2D eigenvalue weighted by molar-refractivity contribution is -0.132. The van der Waals surface area contributed by atoms with Crippen molar-refractivity contribution in [1.82, 2.24) is 10.2 Å². The van der Waals surface area contributed by atoms with Crippen LogP contribution in [0.25, 0.3) is 16.8 Å². The molecule has 0 radical (unpaired) electrons. The van der Waals surface area contributed by atoms with Crippen molar-refractivity contribution in [1.29, 1.82) is 0 Å². The summed E-state index contributed by atoms with van der Waals surface area (Å²) in [7, 11) is 1.55. The molecule has 1 aliphatic heterocycles. The minimum Gasteiger partial charge on any atom is -0.493 e. The molecule has 7 heteroatoms. The van der Waals surface area contributed by atoms with Gasteiger partial charge in [0, 0.05) is 11.6 Å². The Labute approximate surface area is 228 Å². The van der Waals surface area contributed by atoms with Gasteiger partial charge in [0.05, 0.1) is 7.11 Å². The van der Waals surface area contributed by atoms with E-state index in [1.165, 1.54) is 11.0 Å². The van der Waals surface area contributed by atoms with Gasteiger partial charge in [-0.05, 0) is 59.4 Å². The first-order chi connectivity index (χ1) is 19.0. The summed E-state index contributed by atoms with van der Waals surface area (Å²) in [5, 5.41) is 4.60. The summed E-state index contributed by atoms with van der Waals surface area (Å²) in [4.78, 5) is 39.9. The van der Waals surface area contributed by atoms with Gasteiger partial charge in [-0.1, -0.05) is 67.8 Å². The molecule has 2 aliphatic rings. The molecule has 1 N–H and O–H groups in total. The average Bonchev–Trinajstić information content (AvgIpc) is 2.95. The van der Waals surface area contributed by atoms with E-state index in [1.54, 1.807) is 19.3 Å². The summed E-state index contributed by atoms with van der Waals surface area (Å²) < 4.78 is 12.0. The van der Waals surface area contributed by atoms with Crippen LogP contribution in [-0.2, 0) is 22.6 Å². The first kappa shape index (κ1) is 26.2. The Balaban J connectivity index is 1.47. The van der Waals surface area contributed by atoms with E-state index >= 15 is 0 Å². The first-order valence-electron chi connectivity index (χ1n) is 13.3. The van der Waals surface area contributed by atoms with Gasteiger partial charge in [-0.3, -0.25) is 19.8 Å². The maximum Gasteiger partial charge on any atom is 0.331 e. The molecule has 0 atom stereocenters. The van der Waals surface area contributed by atoms with E-state index in [9.17, 15) is 14.4 Å². The number of nitrogens with zero attached hydrogens (tertiary/aromatic N) is 1. The van der Waals surface area contributed by atoms with Crippen LogP contribution in [0.4, 0.5) is 4.79 Å². The standard InChI is InChI=1S/C32H32N2O5/c1-3-10-23-17-21(18-27-30(35)33-32(37)34(31(27)36)25-14-5-4-6-15-25)19-28(38-2)29(23)39-20-24-13-9-12-22-11-7-8-16-26(22)24/h3,7-9,11-13,16-19,25H,1,4-6,10,14-15,20H2,2H3,(H,33,35,37). The Kier molecular flexibility index (Phi) is 7.77. The number of barbiturate groups is 1. The van der Waals surface area contributed by atoms with Crippen molar-refractivity contribution >= 4 is 34.7 Å². The number of benzene rings is 3. The number of hydrogen-bond donors (Lipinski definition) is 1. The summed E-state index contributed by atoms with van der Waals surface area (Å²) in [5.41, 5.74) is 2.37. The van der Waals surface area contributed by atoms with Crippen molar-refractivity contribution in [3.8, 4) is 11.5 Å². The smallest absolute Gasteiger partial charge is 0.331 e. The third kappa shape index (κ3) is 5.43. The highest BCUT2D eigenvalue weighted by Crippen LogP contribution is 2.36. The van der Waals surface area contributed by atoms with Crippen molar-refractivity contribution in [2.24, 2.45) is 0 Å². The quantitative estimate of drug-likeness (QED) is 0.224. The van der Waals surface area contributed by atoms with Gasteiger partial charge in [-0.15, -0.1) is 6.58 Å². The van der Waals surface area contributed by atoms with Crippen LogP contribution in [0.3, 0.4) is 0 Å². The van der Waals surface area contributed by atoms with Crippen molar-refractivity contribution in [3.63, 3.8) is 0 Å². The Morgan fingerprint density at radius 2 is 1.77 bits per heavy atom. The number of allylic oxidation sites excluding steroid dienone is 1. The summed E-state index contributed by atoms with van der Waals surface area (Å²) in [6.45, 7) is 4.21. The second-order valence-corrected chi connectivity index (χ2v) is 9.92. The number of nitrogens with one attached hydrogen (secondary N) is 1. The van der Waals surface area contributed by atoms with E-state index in [0.29, 0.717) is 30.1 Å². The van der Waals surface area contributed by atoms with E-state index < -0.39 is 17.8 Å². The van der Waals surface area contributed by atoms with Crippen LogP contribution < -0.4 is 14.8 Å². The van der Waals surface area contributed by atoms with Crippen molar-refractivity contribution in [3.05, 3.63) is 89.5 Å². The van der Waals surface area contributed by atoms with Gasteiger partial charge in [-0.2, -0.15) is 0 Å². The Morgan fingerprint density at radius 3 is 2.54 bits per heavy atom. The number of ether oxygens (including phenoxy) is 2. The van der Waals surface area contributed by atoms with Gasteiger partial charge in [0.25, 0.3) is 11.8 Å². The normalized spacial score (nSPS) is 17.4. The lowest BCUT2D eigenvalue weighted by Gasteiger charge is -2.35. The molecular formula is C32H32N2O5. The SMILES string of the molecule is C=CCc1cc(C=C2C(=O)NC(=O)N(C3CCCCC3)C2=O)cc(OC)c1OCc1cccc2ccccc12. The number of fused-ring (bicyclic) bond motifs is 1. The lowest BCUT2D eigenvalue weighted by atomic mass is 9.93. The maximum absolute atomic E-state index is 13.4. The predicted molar refractivity (Wildman–Crippen MR) is 150 cm³/mol. The van der Waals surface area contributed by atoms with E-state index in [1.807, 2.05) is 30.3 Å². The van der Waals surface area contributed by atoms with E-state index in [0.717, 1.165) is 54.0 Å². The Morgan fingerprint density at radius 1 is 1.00 bits per heavy atom. The molecule has 0 unspecified atom stereocenters. The summed E-state index contributed by atoms with van der Waals surface area (Å²) in [6.07, 6.45) is 8.27. The molecule has 1 aliphatic carbocycles. The molecule has 0 bridgehead atoms. The topological polar surface area (TPSA) is 84.9 Å². The second kappa shape index (κ2) is 11.6. The minimum atomic E-state index is -0.697. The molecule has 1 saturated heterocycles. The highest BCUT2D eigenvalue weighted by atomic mass is 16.5. The molecule has 3 aromatic carbocycles. The zero-order valence-corrected chi connectivity index (χ0v) is 22.1. The third-order valence-electron chi connectivity index (χ3n) is 7.37. The van der Waals surface area contributed by atoms with Crippen molar-refractivity contribution < 1.29 is 23.9 Å². The van der Waals surface area contributed by atoms with Gasteiger partial charge in [0.2, 0.25) is 0 Å². The molecule has 7 nitrogen and oxygen atoms in total. The van der Waals surface area contributed by atoms with Crippen LogP contribution >= 0.6 is 0 Å². The van der Waals surface area contributed by atoms with Crippen LogP contribution in [0.2, 0.25) is 0 Å². The molecule has 5 rings (SSSR count). The Bertz CT molecular complexity index is 1460. The van der Waals surface area contributed by atoms with Crippen LogP contribution in [0.1, 0.15) is 48.8 Å². The van der Waals surface area contributed by atoms with Crippen LogP contribution in [0.15, 0.2) is 72.8 Å². The zero-order valence-electron chi connectivity index (χ0n) is 22.1. The fourth-order valence-electron chi connectivity index (χ4n) is 5.47. The number of methoxy groups -OCH3 is 1. The largest absolute Gasteiger partial charge is 0.493 e. The number of imide groups is 2. The van der Waals surface area contributed by atoms with Gasteiger partial charge >= 0.3 is 6.03 Å². The fourth-order valence-corrected chi connectivity index (χ4v) is 5.47. The number of rotatable bonds is 8. The van der Waals surface area contributed by atoms with Crippen LogP contribution in [0.5, 0.6) is 11.5 Å². The second-order valence-electron chi connectivity index (χ2n) is 9.92. The number of carbonyl (C=O) groups is 3. The summed E-state index contributed by atoms with van der Waals surface area (Å²) >= 11 is 0. The van der Waals surface area contributed by atoms with Gasteiger partial charge in [-0.25, -0.2) is 4.79 Å². The molecular weight excluding hydrogens is 492 g/mol. The van der Waals surface area contributed by atoms with E-state index in [-0.39, 0.29) is 11.6 Å². The van der Waals surface area contributed by atoms with Gasteiger partial charge in [0.1, 0.15) is 12.2 Å². The number of carbonyl (C=O) groups excluding carboxylic acids is 3. The van der Waals surface area contributed by atoms with Crippen molar-refractivity contribution in [2.45, 2.75) is 51.2 Å². The summed E-state index contributed by atoms with van der Waals surface area (Å²) in [5.74, 6) is -0.204. The van der Waals surface area contributed by atoms with Crippen LogP contribution in [-0.4, -0.2) is 35.9 Å². The average molecular weight is 525 g/mol. The molecule has 0 spiro atoms. The highest BCUT2D eigenvalue weighted by Gasteiger charge is 2.40. The molecule has 0 aromatic heterocycles. The summed E-state index contributed by atoms with van der Waals surface area (Å²) in [6, 6.07) is 17.0. The monoisotopic (exact) mass is 524 g/mol. The van der Waals surface area contributed by atoms with Gasteiger partial charge < -0.3 is 9.47 Å². The zero-order chi connectivity index (χ0) is 27.4. The lowest BCUT2D eigenvalue weighted by Crippen LogP contribution is -2.58. The van der Waals surface area contributed by atoms with Gasteiger partial charge in [0.15, 0.2) is 11.5 Å². The maximum atomic E-state index is 13.4. The number of amides is 4. The third-order valence-corrected chi connectivity index (χ3v) is 7.37. The minimum absolute atomic E-state index is 0.0730. The molecule has 2 fully saturated rings. The molecule has 39 heavy (non-hydrogen) atoms. The van der Waals surface area contributed by atoms with E-state index in [4.69, 9.17) is 9.47 Å². The highest BCUT2D eigenvalue weighted by molar-refractivity contribution is 6.31. The molecule has 4 amide bonds. The number of hydrogen-bond acceptors (Lipinski definition) is 5. The molecule has 1 heterocycles. The Hall–Kier alpha value is -4.39. The van der Waals surface area contributed by atoms with Crippen LogP contribution in [0, 0.1) is 0 Å².